The van der Waals surface area contributed by atoms with Crippen LogP contribution >= 0.6 is 0 Å². The van der Waals surface area contributed by atoms with Gasteiger partial charge in [-0.3, -0.25) is 4.79 Å². The molecule has 1 heterocycles. The minimum Gasteiger partial charge on any atom is -0.337 e. The van der Waals surface area contributed by atoms with E-state index in [2.05, 4.69) is 5.32 Å². The van der Waals surface area contributed by atoms with Crippen molar-refractivity contribution in [2.45, 2.75) is 25.8 Å². The third-order valence-corrected chi connectivity index (χ3v) is 4.81. The van der Waals surface area contributed by atoms with Crippen LogP contribution in [-0.2, 0) is 0 Å². The standard InChI is InChI=1S/C20H22F2N2O/c1-13-10-15(21)6-8-17(13)18-7-5-14(11-19(18)22)20(25)24-9-3-4-16(12-24)23-2/h5-8,10-11,16,23H,3-4,9,12H2,1-2H3. The minimum absolute atomic E-state index is 0.152. The van der Waals surface area contributed by atoms with Crippen LogP contribution in [0.4, 0.5) is 8.78 Å². The molecule has 2 aromatic rings. The molecule has 25 heavy (non-hydrogen) atoms. The molecule has 3 rings (SSSR count). The van der Waals surface area contributed by atoms with Crippen LogP contribution in [0.1, 0.15) is 28.8 Å². The third kappa shape index (κ3) is 3.71. The smallest absolute Gasteiger partial charge is 0.254 e. The van der Waals surface area contributed by atoms with Crippen molar-refractivity contribution >= 4 is 5.91 Å². The number of likely N-dealkylation sites (N-methyl/N-ethyl adjacent to an activating group) is 1. The number of halogens is 2. The Morgan fingerprint density at radius 3 is 2.60 bits per heavy atom. The molecule has 132 valence electrons. The second-order valence-electron chi connectivity index (χ2n) is 6.53. The number of nitrogens with zero attached hydrogens (tertiary/aromatic N) is 1. The van der Waals surface area contributed by atoms with Crippen LogP contribution < -0.4 is 5.32 Å². The number of hydrogen-bond donors (Lipinski definition) is 1. The number of benzene rings is 2. The zero-order chi connectivity index (χ0) is 18.0. The molecule has 5 heteroatoms. The second kappa shape index (κ2) is 7.31. The molecular formula is C20H22F2N2O. The SMILES string of the molecule is CNC1CCCN(C(=O)c2ccc(-c3ccc(F)cc3C)c(F)c2)C1. The summed E-state index contributed by atoms with van der Waals surface area (Å²) in [5.74, 6) is -0.971. The first-order valence-corrected chi connectivity index (χ1v) is 8.52. The van der Waals surface area contributed by atoms with Crippen molar-refractivity contribution in [3.8, 4) is 11.1 Å². The van der Waals surface area contributed by atoms with Crippen molar-refractivity contribution in [3.05, 3.63) is 59.2 Å². The number of piperidine rings is 1. The molecule has 1 aliphatic heterocycles. The molecule has 1 fully saturated rings. The average molecular weight is 344 g/mol. The van der Waals surface area contributed by atoms with Gasteiger partial charge in [-0.1, -0.05) is 12.1 Å². The Labute approximate surface area is 146 Å². The number of aryl methyl sites for hydroxylation is 1. The monoisotopic (exact) mass is 344 g/mol. The van der Waals surface area contributed by atoms with E-state index in [-0.39, 0.29) is 17.8 Å². The van der Waals surface area contributed by atoms with Crippen LogP contribution in [0.25, 0.3) is 11.1 Å². The predicted molar refractivity (Wildman–Crippen MR) is 94.5 cm³/mol. The molecule has 1 atom stereocenters. The molecule has 0 saturated carbocycles. The quantitative estimate of drug-likeness (QED) is 0.919. The van der Waals surface area contributed by atoms with Gasteiger partial charge < -0.3 is 10.2 Å². The summed E-state index contributed by atoms with van der Waals surface area (Å²) in [6.45, 7) is 3.07. The first-order chi connectivity index (χ1) is 12.0. The maximum Gasteiger partial charge on any atom is 0.254 e. The molecule has 3 nitrogen and oxygen atoms in total. The molecule has 1 unspecified atom stereocenters. The lowest BCUT2D eigenvalue weighted by Crippen LogP contribution is -2.46. The number of amides is 1. The van der Waals surface area contributed by atoms with E-state index in [0.717, 1.165) is 12.8 Å². The highest BCUT2D eigenvalue weighted by molar-refractivity contribution is 5.95. The van der Waals surface area contributed by atoms with Gasteiger partial charge in [-0.2, -0.15) is 0 Å². The van der Waals surface area contributed by atoms with Gasteiger partial charge in [0.2, 0.25) is 0 Å². The largest absolute Gasteiger partial charge is 0.337 e. The van der Waals surface area contributed by atoms with Crippen LogP contribution in [0.15, 0.2) is 36.4 Å². The van der Waals surface area contributed by atoms with Gasteiger partial charge in [0.05, 0.1) is 0 Å². The van der Waals surface area contributed by atoms with Crippen LogP contribution in [0.2, 0.25) is 0 Å². The van der Waals surface area contributed by atoms with E-state index < -0.39 is 5.82 Å². The average Bonchev–Trinajstić information content (AvgIpc) is 2.61. The number of carbonyl (C=O) groups excluding carboxylic acids is 1. The summed E-state index contributed by atoms with van der Waals surface area (Å²) in [7, 11) is 1.89. The normalized spacial score (nSPS) is 17.6. The molecule has 1 N–H and O–H groups in total. The molecule has 0 bridgehead atoms. The molecule has 0 spiro atoms. The molecule has 0 aromatic heterocycles. The number of likely N-dealkylation sites (tertiary alicyclic amines) is 1. The van der Waals surface area contributed by atoms with E-state index in [4.69, 9.17) is 0 Å². The summed E-state index contributed by atoms with van der Waals surface area (Å²) in [5, 5.41) is 3.19. The fourth-order valence-corrected chi connectivity index (χ4v) is 3.38. The van der Waals surface area contributed by atoms with E-state index in [1.807, 2.05) is 7.05 Å². The van der Waals surface area contributed by atoms with Gasteiger partial charge in [-0.15, -0.1) is 0 Å². The first-order valence-electron chi connectivity index (χ1n) is 8.52. The fourth-order valence-electron chi connectivity index (χ4n) is 3.38. The zero-order valence-electron chi connectivity index (χ0n) is 14.5. The Balaban J connectivity index is 1.85. The third-order valence-electron chi connectivity index (χ3n) is 4.81. The van der Waals surface area contributed by atoms with Gasteiger partial charge in [-0.25, -0.2) is 8.78 Å². The number of rotatable bonds is 3. The van der Waals surface area contributed by atoms with Gasteiger partial charge in [-0.05, 0) is 62.2 Å². The van der Waals surface area contributed by atoms with Gasteiger partial charge in [0.25, 0.3) is 5.91 Å². The lowest BCUT2D eigenvalue weighted by atomic mass is 9.98. The highest BCUT2D eigenvalue weighted by Gasteiger charge is 2.24. The number of nitrogens with one attached hydrogen (secondary N) is 1. The van der Waals surface area contributed by atoms with E-state index in [1.165, 1.54) is 18.2 Å². The topological polar surface area (TPSA) is 32.3 Å². The maximum atomic E-state index is 14.6. The molecule has 0 aliphatic carbocycles. The summed E-state index contributed by atoms with van der Waals surface area (Å²) in [4.78, 5) is 14.4. The van der Waals surface area contributed by atoms with Crippen molar-refractivity contribution in [3.63, 3.8) is 0 Å². The Hall–Kier alpha value is -2.27. The van der Waals surface area contributed by atoms with E-state index in [0.29, 0.717) is 35.3 Å². The number of carbonyl (C=O) groups is 1. The van der Waals surface area contributed by atoms with Gasteiger partial charge in [0.15, 0.2) is 0 Å². The second-order valence-corrected chi connectivity index (χ2v) is 6.53. The summed E-state index contributed by atoms with van der Waals surface area (Å²) in [5.41, 5.74) is 2.01. The van der Waals surface area contributed by atoms with Crippen LogP contribution in [-0.4, -0.2) is 37.0 Å². The molecule has 2 aromatic carbocycles. The molecular weight excluding hydrogens is 322 g/mol. The molecule has 1 aliphatic rings. The highest BCUT2D eigenvalue weighted by Crippen LogP contribution is 2.28. The summed E-state index contributed by atoms with van der Waals surface area (Å²) < 4.78 is 27.9. The fraction of sp³-hybridized carbons (Fsp3) is 0.350. The zero-order valence-corrected chi connectivity index (χ0v) is 14.5. The predicted octanol–water partition coefficient (Wildman–Crippen LogP) is 3.76. The van der Waals surface area contributed by atoms with Crippen LogP contribution in [0, 0.1) is 18.6 Å². The lowest BCUT2D eigenvalue weighted by molar-refractivity contribution is 0.0697. The molecule has 1 saturated heterocycles. The summed E-state index contributed by atoms with van der Waals surface area (Å²) in [6, 6.07) is 9.06. The Kier molecular flexibility index (Phi) is 5.13. The van der Waals surface area contributed by atoms with E-state index >= 15 is 0 Å². The summed E-state index contributed by atoms with van der Waals surface area (Å²) >= 11 is 0. The first kappa shape index (κ1) is 17.5. The minimum atomic E-state index is -0.470. The maximum absolute atomic E-state index is 14.6. The van der Waals surface area contributed by atoms with Crippen molar-refractivity contribution in [2.24, 2.45) is 0 Å². The Morgan fingerprint density at radius 1 is 1.16 bits per heavy atom. The van der Waals surface area contributed by atoms with Crippen LogP contribution in [0.3, 0.4) is 0 Å². The van der Waals surface area contributed by atoms with Crippen molar-refractivity contribution in [1.82, 2.24) is 10.2 Å². The van der Waals surface area contributed by atoms with Crippen LogP contribution in [0.5, 0.6) is 0 Å². The van der Waals surface area contributed by atoms with Crippen molar-refractivity contribution in [1.29, 1.82) is 0 Å². The van der Waals surface area contributed by atoms with E-state index in [1.54, 1.807) is 30.0 Å². The lowest BCUT2D eigenvalue weighted by Gasteiger charge is -2.32. The summed E-state index contributed by atoms with van der Waals surface area (Å²) in [6.07, 6.45) is 1.98. The van der Waals surface area contributed by atoms with Gasteiger partial charge in [0.1, 0.15) is 11.6 Å². The number of hydrogen-bond acceptors (Lipinski definition) is 2. The molecule has 1 amide bonds. The van der Waals surface area contributed by atoms with Gasteiger partial charge in [0, 0.05) is 30.3 Å². The Morgan fingerprint density at radius 2 is 1.92 bits per heavy atom. The van der Waals surface area contributed by atoms with Crippen molar-refractivity contribution in [2.75, 3.05) is 20.1 Å². The van der Waals surface area contributed by atoms with Gasteiger partial charge >= 0.3 is 0 Å². The molecule has 0 radical (unpaired) electrons. The highest BCUT2D eigenvalue weighted by atomic mass is 19.1. The van der Waals surface area contributed by atoms with Crippen molar-refractivity contribution < 1.29 is 13.6 Å². The van der Waals surface area contributed by atoms with E-state index in [9.17, 15) is 13.6 Å². The Bertz CT molecular complexity index is 791.